The lowest BCUT2D eigenvalue weighted by molar-refractivity contribution is 0.107. The standard InChI is InChI=1S/C14H24ClN3O/c1-4-12-14(15)13(18(5-2)17-12)9-16-10-6-7-11(8-10)19-3/h10-11,16H,4-9H2,1-3H3. The van der Waals surface area contributed by atoms with Crippen molar-refractivity contribution in [3.63, 3.8) is 0 Å². The summed E-state index contributed by atoms with van der Waals surface area (Å²) in [4.78, 5) is 0. The number of nitrogens with one attached hydrogen (secondary N) is 1. The number of nitrogens with zero attached hydrogens (tertiary/aromatic N) is 2. The van der Waals surface area contributed by atoms with E-state index in [1.165, 1.54) is 6.42 Å². The Bertz CT molecular complexity index is 419. The van der Waals surface area contributed by atoms with E-state index in [1.54, 1.807) is 7.11 Å². The third kappa shape index (κ3) is 3.30. The minimum atomic E-state index is 0.412. The molecule has 1 N–H and O–H groups in total. The number of aryl methyl sites for hydroxylation is 2. The van der Waals surface area contributed by atoms with Gasteiger partial charge in [-0.05, 0) is 32.6 Å². The van der Waals surface area contributed by atoms with Gasteiger partial charge >= 0.3 is 0 Å². The van der Waals surface area contributed by atoms with Crippen LogP contribution in [0.3, 0.4) is 0 Å². The number of aromatic nitrogens is 2. The number of halogens is 1. The lowest BCUT2D eigenvalue weighted by atomic mass is 10.2. The van der Waals surface area contributed by atoms with Gasteiger partial charge in [-0.25, -0.2) is 0 Å². The summed E-state index contributed by atoms with van der Waals surface area (Å²) in [5, 5.41) is 8.96. The number of hydrogen-bond acceptors (Lipinski definition) is 3. The summed E-state index contributed by atoms with van der Waals surface area (Å²) in [5.74, 6) is 0. The van der Waals surface area contributed by atoms with Gasteiger partial charge in [-0.3, -0.25) is 4.68 Å². The molecule has 0 aromatic carbocycles. The predicted molar refractivity (Wildman–Crippen MR) is 77.6 cm³/mol. The Morgan fingerprint density at radius 3 is 2.79 bits per heavy atom. The van der Waals surface area contributed by atoms with E-state index in [0.29, 0.717) is 12.1 Å². The van der Waals surface area contributed by atoms with Gasteiger partial charge in [-0.1, -0.05) is 18.5 Å². The van der Waals surface area contributed by atoms with Crippen LogP contribution in [0.1, 0.15) is 44.5 Å². The van der Waals surface area contributed by atoms with E-state index in [1.807, 2.05) is 4.68 Å². The second-order valence-electron chi connectivity index (χ2n) is 5.13. The Morgan fingerprint density at radius 2 is 2.21 bits per heavy atom. The Morgan fingerprint density at radius 1 is 1.42 bits per heavy atom. The van der Waals surface area contributed by atoms with Crippen molar-refractivity contribution in [2.45, 2.75) is 64.8 Å². The quantitative estimate of drug-likeness (QED) is 0.873. The Balaban J connectivity index is 1.97. The highest BCUT2D eigenvalue weighted by Gasteiger charge is 2.24. The fourth-order valence-corrected chi connectivity index (χ4v) is 3.10. The van der Waals surface area contributed by atoms with Crippen LogP contribution in [-0.2, 0) is 24.2 Å². The smallest absolute Gasteiger partial charge is 0.0863 e. The maximum Gasteiger partial charge on any atom is 0.0863 e. The van der Waals surface area contributed by atoms with Crippen LogP contribution in [0.4, 0.5) is 0 Å². The zero-order valence-corrected chi connectivity index (χ0v) is 12.8. The zero-order chi connectivity index (χ0) is 13.8. The van der Waals surface area contributed by atoms with Crippen molar-refractivity contribution in [1.82, 2.24) is 15.1 Å². The molecule has 1 aliphatic carbocycles. The predicted octanol–water partition coefficient (Wildman–Crippen LogP) is 2.78. The first-order valence-corrected chi connectivity index (χ1v) is 7.57. The van der Waals surface area contributed by atoms with Crippen molar-refractivity contribution in [3.8, 4) is 0 Å². The summed E-state index contributed by atoms with van der Waals surface area (Å²) in [6, 6.07) is 0.534. The minimum absolute atomic E-state index is 0.412. The van der Waals surface area contributed by atoms with E-state index in [2.05, 4.69) is 24.3 Å². The largest absolute Gasteiger partial charge is 0.381 e. The maximum atomic E-state index is 6.40. The summed E-state index contributed by atoms with van der Waals surface area (Å²) in [5.41, 5.74) is 2.11. The fourth-order valence-electron chi connectivity index (χ4n) is 2.77. The van der Waals surface area contributed by atoms with E-state index >= 15 is 0 Å². The van der Waals surface area contributed by atoms with E-state index in [0.717, 1.165) is 48.8 Å². The van der Waals surface area contributed by atoms with Gasteiger partial charge < -0.3 is 10.1 Å². The van der Waals surface area contributed by atoms with Gasteiger partial charge in [0.25, 0.3) is 0 Å². The lowest BCUT2D eigenvalue weighted by Crippen LogP contribution is -2.28. The first-order valence-electron chi connectivity index (χ1n) is 7.19. The van der Waals surface area contributed by atoms with E-state index in [-0.39, 0.29) is 0 Å². The highest BCUT2D eigenvalue weighted by atomic mass is 35.5. The highest BCUT2D eigenvalue weighted by Crippen LogP contribution is 2.24. The third-order valence-corrected chi connectivity index (χ3v) is 4.41. The molecule has 19 heavy (non-hydrogen) atoms. The third-order valence-electron chi connectivity index (χ3n) is 3.97. The van der Waals surface area contributed by atoms with Crippen LogP contribution < -0.4 is 5.32 Å². The van der Waals surface area contributed by atoms with Crippen molar-refractivity contribution in [3.05, 3.63) is 16.4 Å². The van der Waals surface area contributed by atoms with E-state index in [4.69, 9.17) is 16.3 Å². The molecule has 2 atom stereocenters. The monoisotopic (exact) mass is 285 g/mol. The van der Waals surface area contributed by atoms with Crippen LogP contribution in [0.5, 0.6) is 0 Å². The molecule has 1 heterocycles. The van der Waals surface area contributed by atoms with Gasteiger partial charge in [0.05, 0.1) is 22.5 Å². The Hall–Kier alpha value is -0.580. The second-order valence-corrected chi connectivity index (χ2v) is 5.50. The minimum Gasteiger partial charge on any atom is -0.381 e. The van der Waals surface area contributed by atoms with Gasteiger partial charge in [-0.2, -0.15) is 5.10 Å². The van der Waals surface area contributed by atoms with E-state index < -0.39 is 0 Å². The summed E-state index contributed by atoms with van der Waals surface area (Å²) in [6.45, 7) is 5.84. The highest BCUT2D eigenvalue weighted by molar-refractivity contribution is 6.31. The second kappa shape index (κ2) is 6.73. The van der Waals surface area contributed by atoms with Gasteiger partial charge in [0.2, 0.25) is 0 Å². The Labute approximate surface area is 120 Å². The van der Waals surface area contributed by atoms with Crippen molar-refractivity contribution >= 4 is 11.6 Å². The summed E-state index contributed by atoms with van der Waals surface area (Å²) < 4.78 is 7.41. The van der Waals surface area contributed by atoms with Crippen LogP contribution >= 0.6 is 11.6 Å². The molecule has 2 rings (SSSR count). The zero-order valence-electron chi connectivity index (χ0n) is 12.1. The number of hydrogen-bond donors (Lipinski definition) is 1. The average Bonchev–Trinajstić information content (AvgIpc) is 3.00. The molecule has 0 aliphatic heterocycles. The molecule has 0 amide bonds. The summed E-state index contributed by atoms with van der Waals surface area (Å²) >= 11 is 6.40. The average molecular weight is 286 g/mol. The molecule has 1 aliphatic rings. The molecule has 1 aromatic heterocycles. The first-order chi connectivity index (χ1) is 9.19. The van der Waals surface area contributed by atoms with Crippen LogP contribution in [0, 0.1) is 0 Å². The van der Waals surface area contributed by atoms with Gasteiger partial charge in [0.1, 0.15) is 0 Å². The molecule has 0 radical (unpaired) electrons. The lowest BCUT2D eigenvalue weighted by Gasteiger charge is -2.13. The molecule has 1 saturated carbocycles. The van der Waals surface area contributed by atoms with Gasteiger partial charge in [0.15, 0.2) is 0 Å². The van der Waals surface area contributed by atoms with Crippen LogP contribution in [0.25, 0.3) is 0 Å². The fraction of sp³-hybridized carbons (Fsp3) is 0.786. The number of ether oxygens (including phenoxy) is 1. The molecular weight excluding hydrogens is 262 g/mol. The van der Waals surface area contributed by atoms with Crippen LogP contribution in [0.15, 0.2) is 0 Å². The first kappa shape index (κ1) is 14.8. The van der Waals surface area contributed by atoms with Crippen LogP contribution in [0.2, 0.25) is 5.02 Å². The summed E-state index contributed by atoms with van der Waals surface area (Å²) in [7, 11) is 1.80. The maximum absolute atomic E-state index is 6.40. The molecule has 5 heteroatoms. The molecule has 108 valence electrons. The molecule has 4 nitrogen and oxygen atoms in total. The SMILES string of the molecule is CCc1nn(CC)c(CNC2CCC(OC)C2)c1Cl. The number of methoxy groups -OCH3 is 1. The van der Waals surface area contributed by atoms with Crippen molar-refractivity contribution in [1.29, 1.82) is 0 Å². The molecule has 2 unspecified atom stereocenters. The van der Waals surface area contributed by atoms with Gasteiger partial charge in [-0.15, -0.1) is 0 Å². The topological polar surface area (TPSA) is 39.1 Å². The molecule has 0 saturated heterocycles. The normalized spacial score (nSPS) is 23.2. The molecule has 1 aromatic rings. The van der Waals surface area contributed by atoms with E-state index in [9.17, 15) is 0 Å². The molecule has 0 bridgehead atoms. The van der Waals surface area contributed by atoms with Crippen molar-refractivity contribution in [2.24, 2.45) is 0 Å². The van der Waals surface area contributed by atoms with Gasteiger partial charge in [0, 0.05) is 26.2 Å². The van der Waals surface area contributed by atoms with Crippen molar-refractivity contribution < 1.29 is 4.74 Å². The molecule has 0 spiro atoms. The molecular formula is C14H24ClN3O. The van der Waals surface area contributed by atoms with Crippen LogP contribution in [-0.4, -0.2) is 29.0 Å². The number of rotatable bonds is 6. The molecule has 1 fully saturated rings. The van der Waals surface area contributed by atoms with Crippen molar-refractivity contribution in [2.75, 3.05) is 7.11 Å². The Kier molecular flexibility index (Phi) is 5.25. The summed E-state index contributed by atoms with van der Waals surface area (Å²) in [6.07, 6.45) is 4.71.